The molecule has 0 spiro atoms. The van der Waals surface area contributed by atoms with Crippen LogP contribution < -0.4 is 0 Å². The SMILES string of the molecule is CC1CCC2[C@@H]1[C@H](OC(=O)c1ccccc1)C1(C(C)C)CC(OC(=O)CO)[C@@]2(C)O1. The fourth-order valence-electron chi connectivity index (χ4n) is 6.20. The number of carbonyl (C=O) groups is 2. The summed E-state index contributed by atoms with van der Waals surface area (Å²) in [6.07, 6.45) is 1.52. The molecular formula is C24H32O6. The Morgan fingerprint density at radius 2 is 1.90 bits per heavy atom. The third-order valence-corrected chi connectivity index (χ3v) is 7.80. The molecule has 3 fully saturated rings. The molecule has 30 heavy (non-hydrogen) atoms. The van der Waals surface area contributed by atoms with Gasteiger partial charge in [0, 0.05) is 12.3 Å². The van der Waals surface area contributed by atoms with Crippen molar-refractivity contribution in [2.24, 2.45) is 23.7 Å². The summed E-state index contributed by atoms with van der Waals surface area (Å²) < 4.78 is 18.7. The average molecular weight is 417 g/mol. The van der Waals surface area contributed by atoms with E-state index in [1.807, 2.05) is 25.1 Å². The maximum atomic E-state index is 13.0. The van der Waals surface area contributed by atoms with Crippen molar-refractivity contribution >= 4 is 11.9 Å². The van der Waals surface area contributed by atoms with Crippen molar-refractivity contribution in [1.29, 1.82) is 0 Å². The van der Waals surface area contributed by atoms with Crippen molar-refractivity contribution in [2.75, 3.05) is 6.61 Å². The first-order valence-electron chi connectivity index (χ1n) is 11.0. The normalized spacial score (nSPS) is 39.6. The van der Waals surface area contributed by atoms with Gasteiger partial charge in [-0.15, -0.1) is 0 Å². The van der Waals surface area contributed by atoms with Gasteiger partial charge in [0.15, 0.2) is 0 Å². The molecular weight excluding hydrogens is 384 g/mol. The van der Waals surface area contributed by atoms with Gasteiger partial charge in [-0.1, -0.05) is 39.0 Å². The molecule has 0 radical (unpaired) electrons. The first-order valence-corrected chi connectivity index (χ1v) is 11.0. The van der Waals surface area contributed by atoms with Gasteiger partial charge in [-0.2, -0.15) is 0 Å². The van der Waals surface area contributed by atoms with Crippen LogP contribution in [0.4, 0.5) is 0 Å². The maximum Gasteiger partial charge on any atom is 0.338 e. The minimum absolute atomic E-state index is 0.0528. The number of ether oxygens (including phenoxy) is 3. The Bertz CT molecular complexity index is 807. The minimum Gasteiger partial charge on any atom is -0.457 e. The summed E-state index contributed by atoms with van der Waals surface area (Å²) in [7, 11) is 0. The Kier molecular flexibility index (Phi) is 5.43. The van der Waals surface area contributed by atoms with Crippen molar-refractivity contribution in [3.05, 3.63) is 35.9 Å². The minimum atomic E-state index is -0.737. The Hall–Kier alpha value is -1.92. The highest BCUT2D eigenvalue weighted by Crippen LogP contribution is 2.63. The molecule has 1 aromatic carbocycles. The van der Waals surface area contributed by atoms with Gasteiger partial charge in [0.2, 0.25) is 0 Å². The monoisotopic (exact) mass is 416 g/mol. The highest BCUT2D eigenvalue weighted by Gasteiger charge is 2.72. The number of aliphatic hydroxyl groups excluding tert-OH is 1. The average Bonchev–Trinajstić information content (AvgIpc) is 3.24. The zero-order valence-electron chi connectivity index (χ0n) is 18.2. The number of hydrogen-bond acceptors (Lipinski definition) is 6. The molecule has 3 aliphatic rings. The number of fused-ring (bicyclic) bond motifs is 4. The van der Waals surface area contributed by atoms with E-state index in [1.165, 1.54) is 0 Å². The van der Waals surface area contributed by atoms with E-state index in [1.54, 1.807) is 12.1 Å². The second-order valence-electron chi connectivity index (χ2n) is 9.67. The third kappa shape index (κ3) is 3.16. The van der Waals surface area contributed by atoms with Crippen molar-refractivity contribution < 1.29 is 28.9 Å². The van der Waals surface area contributed by atoms with E-state index < -0.39 is 36.0 Å². The van der Waals surface area contributed by atoms with Crippen LogP contribution >= 0.6 is 0 Å². The maximum absolute atomic E-state index is 13.0. The smallest absolute Gasteiger partial charge is 0.338 e. The predicted molar refractivity (Wildman–Crippen MR) is 110 cm³/mol. The molecule has 1 aromatic rings. The van der Waals surface area contributed by atoms with Crippen molar-refractivity contribution in [3.63, 3.8) is 0 Å². The lowest BCUT2D eigenvalue weighted by Gasteiger charge is -2.53. The standard InChI is InChI=1S/C24H32O6/c1-14(2)24-12-18(28-19(26)13-25)23(4,30-24)17-11-10-15(3)20(17)21(24)29-22(27)16-8-6-5-7-9-16/h5-9,14-15,17-18,20-21,25H,10-13H2,1-4H3/t15?,17?,18?,20-,21+,23+,24?/m1/s1. The van der Waals surface area contributed by atoms with E-state index in [9.17, 15) is 14.7 Å². The molecule has 0 aromatic heterocycles. The van der Waals surface area contributed by atoms with Crippen molar-refractivity contribution in [3.8, 4) is 0 Å². The van der Waals surface area contributed by atoms with E-state index in [0.717, 1.165) is 12.8 Å². The molecule has 164 valence electrons. The molecule has 1 N–H and O–H groups in total. The molecule has 1 saturated carbocycles. The van der Waals surface area contributed by atoms with Gasteiger partial charge in [0.05, 0.1) is 5.56 Å². The summed E-state index contributed by atoms with van der Waals surface area (Å²) in [5, 5.41) is 9.23. The number of hydrogen-bond donors (Lipinski definition) is 1. The van der Waals surface area contributed by atoms with E-state index in [4.69, 9.17) is 14.2 Å². The Labute approximate surface area is 177 Å². The van der Waals surface area contributed by atoms with E-state index >= 15 is 0 Å². The Morgan fingerprint density at radius 3 is 2.53 bits per heavy atom. The number of carbonyl (C=O) groups excluding carboxylic acids is 2. The first kappa shape index (κ1) is 21.3. The van der Waals surface area contributed by atoms with Crippen LogP contribution in [0, 0.1) is 23.7 Å². The highest BCUT2D eigenvalue weighted by atomic mass is 16.6. The molecule has 6 nitrogen and oxygen atoms in total. The fraction of sp³-hybridized carbons (Fsp3) is 0.667. The zero-order chi connectivity index (χ0) is 21.7. The van der Waals surface area contributed by atoms with Crippen LogP contribution in [0.1, 0.15) is 57.3 Å². The second-order valence-corrected chi connectivity index (χ2v) is 9.67. The lowest BCUT2D eigenvalue weighted by molar-refractivity contribution is -0.259. The number of benzene rings is 1. The summed E-state index contributed by atoms with van der Waals surface area (Å²) >= 11 is 0. The van der Waals surface area contributed by atoms with Gasteiger partial charge in [0.1, 0.15) is 30.0 Å². The van der Waals surface area contributed by atoms with E-state index in [-0.39, 0.29) is 23.7 Å². The van der Waals surface area contributed by atoms with Crippen LogP contribution in [0.2, 0.25) is 0 Å². The summed E-state index contributed by atoms with van der Waals surface area (Å²) in [5.74, 6) is -0.309. The van der Waals surface area contributed by atoms with Gasteiger partial charge in [-0.05, 0) is 49.7 Å². The fourth-order valence-corrected chi connectivity index (χ4v) is 6.20. The summed E-state index contributed by atoms with van der Waals surface area (Å²) in [5.41, 5.74) is -0.868. The first-order chi connectivity index (χ1) is 14.2. The van der Waals surface area contributed by atoms with Gasteiger partial charge in [0.25, 0.3) is 0 Å². The van der Waals surface area contributed by atoms with Gasteiger partial charge < -0.3 is 19.3 Å². The van der Waals surface area contributed by atoms with E-state index in [0.29, 0.717) is 17.9 Å². The Balaban J connectivity index is 1.73. The van der Waals surface area contributed by atoms with Crippen molar-refractivity contribution in [1.82, 2.24) is 0 Å². The molecule has 2 saturated heterocycles. The molecule has 7 atom stereocenters. The van der Waals surface area contributed by atoms with Gasteiger partial charge in [-0.25, -0.2) is 9.59 Å². The molecule has 6 heteroatoms. The van der Waals surface area contributed by atoms with Gasteiger partial charge in [-0.3, -0.25) is 0 Å². The zero-order valence-corrected chi connectivity index (χ0v) is 18.2. The molecule has 0 amide bonds. The lowest BCUT2D eigenvalue weighted by Crippen LogP contribution is -2.62. The van der Waals surface area contributed by atoms with Gasteiger partial charge >= 0.3 is 11.9 Å². The second kappa shape index (κ2) is 7.65. The van der Waals surface area contributed by atoms with E-state index in [2.05, 4.69) is 20.8 Å². The molecule has 4 unspecified atom stereocenters. The van der Waals surface area contributed by atoms with Crippen LogP contribution in [-0.2, 0) is 19.0 Å². The largest absolute Gasteiger partial charge is 0.457 e. The van der Waals surface area contributed by atoms with Crippen LogP contribution in [0.25, 0.3) is 0 Å². The van der Waals surface area contributed by atoms with Crippen molar-refractivity contribution in [2.45, 2.75) is 70.4 Å². The molecule has 2 bridgehead atoms. The summed E-state index contributed by atoms with van der Waals surface area (Å²) in [4.78, 5) is 25.0. The lowest BCUT2D eigenvalue weighted by atomic mass is 9.69. The number of esters is 2. The van der Waals surface area contributed by atoms with Crippen LogP contribution in [0.15, 0.2) is 30.3 Å². The molecule has 4 rings (SSSR count). The number of aliphatic hydroxyl groups is 1. The van der Waals surface area contributed by atoms with Crippen LogP contribution in [0.5, 0.6) is 0 Å². The molecule has 1 aliphatic carbocycles. The molecule has 2 heterocycles. The number of rotatable bonds is 5. The summed E-state index contributed by atoms with van der Waals surface area (Å²) in [6, 6.07) is 9.03. The highest BCUT2D eigenvalue weighted by molar-refractivity contribution is 5.89. The topological polar surface area (TPSA) is 82.1 Å². The van der Waals surface area contributed by atoms with Crippen LogP contribution in [0.3, 0.4) is 0 Å². The van der Waals surface area contributed by atoms with Crippen LogP contribution in [-0.4, -0.2) is 47.1 Å². The Morgan fingerprint density at radius 1 is 1.20 bits per heavy atom. The molecule has 2 aliphatic heterocycles. The predicted octanol–water partition coefficient (Wildman–Crippen LogP) is 3.37. The summed E-state index contributed by atoms with van der Waals surface area (Å²) in [6.45, 7) is 7.72. The quantitative estimate of drug-likeness (QED) is 0.741. The third-order valence-electron chi connectivity index (χ3n) is 7.80.